The Balaban J connectivity index is 1.51. The highest BCUT2D eigenvalue weighted by Gasteiger charge is 2.32. The number of ether oxygens (including phenoxy) is 2. The van der Waals surface area contributed by atoms with Crippen molar-refractivity contribution in [2.24, 2.45) is 5.92 Å². The lowest BCUT2D eigenvalue weighted by Crippen LogP contribution is -2.35. The first-order valence-corrected chi connectivity index (χ1v) is 9.89. The van der Waals surface area contributed by atoms with E-state index in [2.05, 4.69) is 16.7 Å². The first kappa shape index (κ1) is 20.1. The van der Waals surface area contributed by atoms with Gasteiger partial charge in [-0.3, -0.25) is 0 Å². The molecule has 3 rings (SSSR count). The molecule has 2 aliphatic carbocycles. The molecule has 1 aromatic carbocycles. The molecule has 0 radical (unpaired) electrons. The fourth-order valence-electron chi connectivity index (χ4n) is 3.41. The lowest BCUT2D eigenvalue weighted by atomic mass is 10.1. The monoisotopic (exact) mass is 376 g/mol. The second-order valence-corrected chi connectivity index (χ2v) is 8.66. The average Bonchev–Trinajstić information content (AvgIpc) is 3.34. The number of nitrogens with one attached hydrogen (secondary N) is 2. The minimum Gasteiger partial charge on any atom is -0.444 e. The number of aliphatic hydroxyl groups excluding tert-OH is 1. The highest BCUT2D eigenvalue weighted by Crippen LogP contribution is 2.38. The normalized spacial score (nSPS) is 23.0. The molecule has 6 heteroatoms. The topological polar surface area (TPSA) is 79.8 Å². The standard InChI is InChI=1S/C21H32N2O4/c1-21(2,3)27-20(25)23-19-10-18(16-6-4-5-7-17(16)19)22-11-15(24)13-26-12-14-8-9-14/h4-7,14-15,18-19,22,24H,8-13H2,1-3H3,(H,23,25)/t15-,18+,19+/m0/s1. The summed E-state index contributed by atoms with van der Waals surface area (Å²) in [4.78, 5) is 12.2. The van der Waals surface area contributed by atoms with E-state index in [0.29, 0.717) is 19.1 Å². The van der Waals surface area contributed by atoms with Crippen LogP contribution >= 0.6 is 0 Å². The first-order valence-electron chi connectivity index (χ1n) is 9.89. The molecular formula is C21H32N2O4. The van der Waals surface area contributed by atoms with Crippen LogP contribution in [-0.2, 0) is 9.47 Å². The van der Waals surface area contributed by atoms with Crippen molar-refractivity contribution in [2.45, 2.75) is 63.8 Å². The number of aliphatic hydroxyl groups is 1. The van der Waals surface area contributed by atoms with Crippen molar-refractivity contribution < 1.29 is 19.4 Å². The van der Waals surface area contributed by atoms with Crippen LogP contribution in [0.3, 0.4) is 0 Å². The predicted octanol–water partition coefficient (Wildman–Crippen LogP) is 3.07. The average molecular weight is 376 g/mol. The molecule has 27 heavy (non-hydrogen) atoms. The zero-order chi connectivity index (χ0) is 19.4. The Bertz CT molecular complexity index is 639. The zero-order valence-electron chi connectivity index (χ0n) is 16.5. The van der Waals surface area contributed by atoms with E-state index in [9.17, 15) is 9.90 Å². The van der Waals surface area contributed by atoms with Crippen LogP contribution in [-0.4, -0.2) is 42.7 Å². The van der Waals surface area contributed by atoms with Gasteiger partial charge < -0.3 is 25.2 Å². The molecule has 1 amide bonds. The summed E-state index contributed by atoms with van der Waals surface area (Å²) < 4.78 is 11.0. The Labute approximate surface area is 161 Å². The van der Waals surface area contributed by atoms with Crippen molar-refractivity contribution >= 4 is 6.09 Å². The summed E-state index contributed by atoms with van der Waals surface area (Å²) in [5.41, 5.74) is 1.73. The Morgan fingerprint density at radius 2 is 1.89 bits per heavy atom. The van der Waals surface area contributed by atoms with Gasteiger partial charge in [0, 0.05) is 19.2 Å². The second-order valence-electron chi connectivity index (χ2n) is 8.66. The fraction of sp³-hybridized carbons (Fsp3) is 0.667. The number of hydrogen-bond acceptors (Lipinski definition) is 5. The van der Waals surface area contributed by atoms with E-state index in [1.165, 1.54) is 12.8 Å². The van der Waals surface area contributed by atoms with Crippen molar-refractivity contribution in [3.05, 3.63) is 35.4 Å². The Kier molecular flexibility index (Phi) is 6.40. The van der Waals surface area contributed by atoms with Crippen LogP contribution in [0.5, 0.6) is 0 Å². The maximum atomic E-state index is 12.2. The molecule has 0 saturated heterocycles. The quantitative estimate of drug-likeness (QED) is 0.650. The van der Waals surface area contributed by atoms with E-state index in [1.807, 2.05) is 39.0 Å². The van der Waals surface area contributed by atoms with Crippen LogP contribution in [0.2, 0.25) is 0 Å². The lowest BCUT2D eigenvalue weighted by molar-refractivity contribution is 0.0310. The molecule has 6 nitrogen and oxygen atoms in total. The molecule has 1 fully saturated rings. The molecule has 3 N–H and O–H groups in total. The molecular weight excluding hydrogens is 344 g/mol. The molecule has 0 aromatic heterocycles. The minimum atomic E-state index is -0.534. The third kappa shape index (κ3) is 6.19. The van der Waals surface area contributed by atoms with E-state index in [4.69, 9.17) is 9.47 Å². The summed E-state index contributed by atoms with van der Waals surface area (Å²) in [5.74, 6) is 0.701. The van der Waals surface area contributed by atoms with Crippen LogP contribution in [0.15, 0.2) is 24.3 Å². The number of rotatable bonds is 8. The first-order chi connectivity index (χ1) is 12.8. The van der Waals surface area contributed by atoms with Gasteiger partial charge in [0.05, 0.1) is 18.8 Å². The van der Waals surface area contributed by atoms with E-state index < -0.39 is 17.8 Å². The van der Waals surface area contributed by atoms with E-state index >= 15 is 0 Å². The van der Waals surface area contributed by atoms with Gasteiger partial charge in [-0.25, -0.2) is 4.79 Å². The fourth-order valence-corrected chi connectivity index (χ4v) is 3.41. The summed E-state index contributed by atoms with van der Waals surface area (Å²) in [6, 6.07) is 8.06. The van der Waals surface area contributed by atoms with Crippen LogP contribution < -0.4 is 10.6 Å². The summed E-state index contributed by atoms with van der Waals surface area (Å²) in [6.45, 7) is 7.14. The Hall–Kier alpha value is -1.63. The van der Waals surface area contributed by atoms with Crippen molar-refractivity contribution in [1.29, 1.82) is 0 Å². The third-order valence-corrected chi connectivity index (χ3v) is 4.87. The van der Waals surface area contributed by atoms with E-state index in [0.717, 1.165) is 24.2 Å². The molecule has 150 valence electrons. The molecule has 3 atom stereocenters. The van der Waals surface area contributed by atoms with Crippen LogP contribution in [0.4, 0.5) is 4.79 Å². The predicted molar refractivity (Wildman–Crippen MR) is 103 cm³/mol. The number of carbonyl (C=O) groups is 1. The van der Waals surface area contributed by atoms with Crippen molar-refractivity contribution in [3.63, 3.8) is 0 Å². The molecule has 1 saturated carbocycles. The molecule has 0 heterocycles. The van der Waals surface area contributed by atoms with Crippen LogP contribution in [0.25, 0.3) is 0 Å². The number of alkyl carbamates (subject to hydrolysis) is 1. The van der Waals surface area contributed by atoms with Gasteiger partial charge in [-0.1, -0.05) is 24.3 Å². The van der Waals surface area contributed by atoms with E-state index in [-0.39, 0.29) is 12.1 Å². The molecule has 0 bridgehead atoms. The maximum Gasteiger partial charge on any atom is 0.408 e. The Morgan fingerprint density at radius 1 is 1.22 bits per heavy atom. The number of hydrogen-bond donors (Lipinski definition) is 3. The van der Waals surface area contributed by atoms with Crippen LogP contribution in [0, 0.1) is 5.92 Å². The summed E-state index contributed by atoms with van der Waals surface area (Å²) in [7, 11) is 0. The highest BCUT2D eigenvalue weighted by molar-refractivity contribution is 5.68. The van der Waals surface area contributed by atoms with Gasteiger partial charge in [-0.15, -0.1) is 0 Å². The summed E-state index contributed by atoms with van der Waals surface area (Å²) in [5, 5.41) is 16.5. The summed E-state index contributed by atoms with van der Waals surface area (Å²) in [6.07, 6.45) is 2.29. The maximum absolute atomic E-state index is 12.2. The van der Waals surface area contributed by atoms with Gasteiger partial charge in [0.25, 0.3) is 0 Å². The van der Waals surface area contributed by atoms with Gasteiger partial charge in [-0.2, -0.15) is 0 Å². The number of amides is 1. The van der Waals surface area contributed by atoms with Gasteiger partial charge in [-0.05, 0) is 57.1 Å². The molecule has 2 aliphatic rings. The largest absolute Gasteiger partial charge is 0.444 e. The van der Waals surface area contributed by atoms with Crippen molar-refractivity contribution in [3.8, 4) is 0 Å². The minimum absolute atomic E-state index is 0.0826. The van der Waals surface area contributed by atoms with Gasteiger partial charge in [0.15, 0.2) is 0 Å². The van der Waals surface area contributed by atoms with Crippen LogP contribution in [0.1, 0.15) is 63.2 Å². The van der Waals surface area contributed by atoms with Crippen molar-refractivity contribution in [1.82, 2.24) is 10.6 Å². The number of fused-ring (bicyclic) bond motifs is 1. The van der Waals surface area contributed by atoms with Gasteiger partial charge >= 0.3 is 6.09 Å². The molecule has 0 aliphatic heterocycles. The molecule has 0 spiro atoms. The van der Waals surface area contributed by atoms with E-state index in [1.54, 1.807) is 0 Å². The van der Waals surface area contributed by atoms with Gasteiger partial charge in [0.2, 0.25) is 0 Å². The van der Waals surface area contributed by atoms with Gasteiger partial charge in [0.1, 0.15) is 5.60 Å². The second kappa shape index (κ2) is 8.59. The van der Waals surface area contributed by atoms with Crippen molar-refractivity contribution in [2.75, 3.05) is 19.8 Å². The Morgan fingerprint density at radius 3 is 2.52 bits per heavy atom. The smallest absolute Gasteiger partial charge is 0.408 e. The number of benzene rings is 1. The lowest BCUT2D eigenvalue weighted by Gasteiger charge is -2.22. The molecule has 1 aromatic rings. The summed E-state index contributed by atoms with van der Waals surface area (Å²) >= 11 is 0. The molecule has 0 unspecified atom stereocenters. The zero-order valence-corrected chi connectivity index (χ0v) is 16.5. The third-order valence-electron chi connectivity index (χ3n) is 4.87. The highest BCUT2D eigenvalue weighted by atomic mass is 16.6. The number of carbonyl (C=O) groups excluding carboxylic acids is 1. The SMILES string of the molecule is CC(C)(C)OC(=O)N[C@@H]1C[C@@H](NC[C@H](O)COCC2CC2)c2ccccc21.